The Morgan fingerprint density at radius 1 is 2.00 bits per heavy atom. The third-order valence-electron chi connectivity index (χ3n) is 0.0660. The van der Waals surface area contributed by atoms with E-state index in [0.717, 1.165) is 0 Å². The molecule has 5 heavy (non-hydrogen) atoms. The minimum atomic E-state index is -1.91. The average Bonchev–Trinajstić information content (AvgIpc) is 1.38. The van der Waals surface area contributed by atoms with Crippen LogP contribution in [-0.2, 0) is 11.3 Å². The van der Waals surface area contributed by atoms with Crippen molar-refractivity contribution in [1.29, 1.82) is 0 Å². The lowest BCUT2D eigenvalue weighted by atomic mass is 13.9. The zero-order valence-electron chi connectivity index (χ0n) is 2.14. The summed E-state index contributed by atoms with van der Waals surface area (Å²) < 4.78 is 18.9. The van der Waals surface area contributed by atoms with E-state index in [1.807, 2.05) is 3.75 Å². The van der Waals surface area contributed by atoms with E-state index in [1.165, 1.54) is 0 Å². The van der Waals surface area contributed by atoms with Gasteiger partial charge in [-0.25, -0.2) is 4.21 Å². The molecule has 1 unspecified atom stereocenters. The first-order chi connectivity index (χ1) is 2.27. The molecule has 0 aliphatic heterocycles. The van der Waals surface area contributed by atoms with Gasteiger partial charge in [0.05, 0.1) is 0 Å². The smallest absolute Gasteiger partial charge is 0.242 e. The normalized spacial score (nSPS) is 14.8. The fourth-order valence-electron chi connectivity index (χ4n) is 0. The fourth-order valence-corrected chi connectivity index (χ4v) is 0. The van der Waals surface area contributed by atoms with E-state index in [2.05, 4.69) is 16.1 Å². The van der Waals surface area contributed by atoms with Crippen molar-refractivity contribution in [1.82, 2.24) is 3.75 Å². The van der Waals surface area contributed by atoms with Crippen molar-refractivity contribution in [2.45, 2.75) is 0 Å². The van der Waals surface area contributed by atoms with Gasteiger partial charge in [0, 0.05) is 16.1 Å². The van der Waals surface area contributed by atoms with Gasteiger partial charge in [0.15, 0.2) is 0 Å². The number of rotatable bonds is 1. The monoisotopic (exact) mass is 159 g/mol. The second kappa shape index (κ2) is 2.77. The third-order valence-corrected chi connectivity index (χ3v) is 1.03. The molecule has 0 amide bonds. The minimum absolute atomic E-state index is 1.87. The van der Waals surface area contributed by atoms with E-state index >= 15 is 0 Å². The second-order valence-electron chi connectivity index (χ2n) is 0.326. The highest BCUT2D eigenvalue weighted by atomic mass is 79.9. The third kappa shape index (κ3) is 4.55. The molecule has 0 radical (unpaired) electrons. The van der Waals surface area contributed by atoms with E-state index in [0.29, 0.717) is 0 Å². The van der Waals surface area contributed by atoms with Crippen LogP contribution in [0.2, 0.25) is 0 Å². The topological polar surface area (TPSA) is 49.3 Å². The maximum atomic E-state index is 9.32. The lowest BCUT2D eigenvalue weighted by molar-refractivity contribution is 0.563. The molecule has 0 aromatic heterocycles. The van der Waals surface area contributed by atoms with Crippen LogP contribution in [0.15, 0.2) is 0 Å². The summed E-state index contributed by atoms with van der Waals surface area (Å²) in [6.45, 7) is 0. The predicted octanol–water partition coefficient (Wildman–Crippen LogP) is 0.0226. The fraction of sp³-hybridized carbons (Fsp3) is 0. The summed E-state index contributed by atoms with van der Waals surface area (Å²) >= 11 is 0.608. The van der Waals surface area contributed by atoms with Crippen molar-refractivity contribution in [3.8, 4) is 0 Å². The summed E-state index contributed by atoms with van der Waals surface area (Å²) in [4.78, 5) is 0. The van der Waals surface area contributed by atoms with E-state index in [9.17, 15) is 4.21 Å². The van der Waals surface area contributed by atoms with Gasteiger partial charge in [-0.05, 0) is 0 Å². The first-order valence-electron chi connectivity index (χ1n) is 0.742. The van der Waals surface area contributed by atoms with E-state index < -0.39 is 11.3 Å². The Morgan fingerprint density at radius 2 is 2.20 bits per heavy atom. The van der Waals surface area contributed by atoms with Crippen LogP contribution in [0.5, 0.6) is 0 Å². The lowest BCUT2D eigenvalue weighted by Crippen LogP contribution is -1.98. The van der Waals surface area contributed by atoms with Crippen LogP contribution < -0.4 is 3.75 Å². The first-order valence-corrected chi connectivity index (χ1v) is 2.64. The molecule has 0 rings (SSSR count). The second-order valence-corrected chi connectivity index (χ2v) is 1.95. The Balaban J connectivity index is 2.85. The maximum absolute atomic E-state index is 9.32. The molecule has 0 saturated heterocycles. The highest BCUT2D eigenvalue weighted by molar-refractivity contribution is 9.09. The van der Waals surface area contributed by atoms with Crippen LogP contribution in [0.25, 0.3) is 0 Å². The van der Waals surface area contributed by atoms with Crippen molar-refractivity contribution < 1.29 is 8.76 Å². The van der Waals surface area contributed by atoms with Crippen LogP contribution in [-0.4, -0.2) is 8.76 Å². The van der Waals surface area contributed by atoms with Crippen molar-refractivity contribution in [3.63, 3.8) is 0 Å². The molecular weight excluding hydrogens is 158 g/mol. The molecule has 0 spiro atoms. The van der Waals surface area contributed by atoms with Gasteiger partial charge in [-0.2, -0.15) is 0 Å². The molecule has 0 saturated carbocycles. The molecule has 0 aromatic carbocycles. The summed E-state index contributed by atoms with van der Waals surface area (Å²) in [5.74, 6) is 0. The number of hydrogen-bond acceptors (Lipinski definition) is 1. The molecule has 0 aromatic rings. The summed E-state index contributed by atoms with van der Waals surface area (Å²) in [5.41, 5.74) is 0. The van der Waals surface area contributed by atoms with Crippen LogP contribution >= 0.6 is 16.1 Å². The zero-order valence-corrected chi connectivity index (χ0v) is 4.54. The van der Waals surface area contributed by atoms with Crippen molar-refractivity contribution in [2.24, 2.45) is 0 Å². The summed E-state index contributed by atoms with van der Waals surface area (Å²) in [5, 5.41) is 0. The van der Waals surface area contributed by atoms with Crippen molar-refractivity contribution in [2.75, 3.05) is 0 Å². The Kier molecular flexibility index (Phi) is 3.07. The standard InChI is InChI=1S/BrH2NO2S/c1-2-5(3)4/h2H,(H,3,4). The summed E-state index contributed by atoms with van der Waals surface area (Å²) in [6.07, 6.45) is 0. The average molecular weight is 160 g/mol. The Labute approximate surface area is 40.5 Å². The van der Waals surface area contributed by atoms with Crippen LogP contribution in [0.1, 0.15) is 0 Å². The highest BCUT2D eigenvalue weighted by Crippen LogP contribution is 1.65. The molecule has 1 atom stereocenters. The minimum Gasteiger partial charge on any atom is -0.293 e. The Bertz CT molecular complexity index is 44.9. The van der Waals surface area contributed by atoms with Gasteiger partial charge in [0.25, 0.3) is 0 Å². The molecule has 0 aliphatic carbocycles. The predicted molar refractivity (Wildman–Crippen MR) is 22.8 cm³/mol. The van der Waals surface area contributed by atoms with Gasteiger partial charge < -0.3 is 0 Å². The van der Waals surface area contributed by atoms with Gasteiger partial charge in [0.2, 0.25) is 11.3 Å². The highest BCUT2D eigenvalue weighted by Gasteiger charge is 1.75. The molecular formula is H2BrNO2S. The number of hydrogen-bond donors (Lipinski definition) is 2. The van der Waals surface area contributed by atoms with Gasteiger partial charge in [-0.3, -0.25) is 4.55 Å². The number of nitrogens with one attached hydrogen (secondary N) is 1. The van der Waals surface area contributed by atoms with E-state index in [-0.39, 0.29) is 0 Å². The largest absolute Gasteiger partial charge is 0.293 e. The molecule has 0 fully saturated rings. The maximum Gasteiger partial charge on any atom is 0.242 e. The Hall–Kier alpha value is 0.550. The van der Waals surface area contributed by atoms with E-state index in [4.69, 9.17) is 4.55 Å². The van der Waals surface area contributed by atoms with Crippen molar-refractivity contribution >= 4 is 27.4 Å². The van der Waals surface area contributed by atoms with Crippen LogP contribution in [0.4, 0.5) is 0 Å². The quantitative estimate of drug-likeness (QED) is 0.419. The van der Waals surface area contributed by atoms with Crippen molar-refractivity contribution in [3.05, 3.63) is 0 Å². The van der Waals surface area contributed by atoms with Gasteiger partial charge >= 0.3 is 0 Å². The van der Waals surface area contributed by atoms with Crippen LogP contribution in [0.3, 0.4) is 0 Å². The van der Waals surface area contributed by atoms with Gasteiger partial charge in [-0.1, -0.05) is 0 Å². The molecule has 0 heterocycles. The number of halogens is 1. The first kappa shape index (κ1) is 5.55. The van der Waals surface area contributed by atoms with E-state index in [1.54, 1.807) is 0 Å². The Morgan fingerprint density at radius 3 is 2.20 bits per heavy atom. The molecule has 0 aliphatic rings. The molecule has 3 nitrogen and oxygen atoms in total. The molecule has 5 heteroatoms. The molecule has 32 valence electrons. The molecule has 0 bridgehead atoms. The summed E-state index contributed by atoms with van der Waals surface area (Å²) in [7, 11) is 0. The van der Waals surface area contributed by atoms with Gasteiger partial charge in [0.1, 0.15) is 0 Å². The van der Waals surface area contributed by atoms with Gasteiger partial charge in [-0.15, -0.1) is 3.75 Å². The summed E-state index contributed by atoms with van der Waals surface area (Å²) in [6, 6.07) is 0. The SMILES string of the molecule is O=S(O)NBr. The zero-order chi connectivity index (χ0) is 4.28. The lowest BCUT2D eigenvalue weighted by Gasteiger charge is -1.74. The van der Waals surface area contributed by atoms with Crippen LogP contribution in [0, 0.1) is 0 Å². The molecule has 2 N–H and O–H groups in total.